The molecule has 2 unspecified atom stereocenters. The van der Waals surface area contributed by atoms with E-state index in [0.717, 1.165) is 18.7 Å². The van der Waals surface area contributed by atoms with Gasteiger partial charge in [0.15, 0.2) is 0 Å². The van der Waals surface area contributed by atoms with E-state index in [-0.39, 0.29) is 0 Å². The fraction of sp³-hybridized carbons (Fsp3) is 0.308. The molecule has 1 aromatic rings. The fourth-order valence-electron chi connectivity index (χ4n) is 1.76. The molecule has 0 aromatic heterocycles. The average molecular weight is 291 g/mol. The number of anilines is 1. The molecule has 0 amide bonds. The molecule has 0 fully saturated rings. The van der Waals surface area contributed by atoms with E-state index < -0.39 is 0 Å². The summed E-state index contributed by atoms with van der Waals surface area (Å²) < 4.78 is 1.35. The Hall–Kier alpha value is -1.21. The number of benzene rings is 1. The van der Waals surface area contributed by atoms with Crippen molar-refractivity contribution in [2.75, 3.05) is 5.32 Å². The van der Waals surface area contributed by atoms with Crippen LogP contribution in [0, 0.1) is 0 Å². The zero-order chi connectivity index (χ0) is 12.1. The normalized spacial score (nSPS) is 15.3. The first-order valence-corrected chi connectivity index (χ1v) is 7.09. The summed E-state index contributed by atoms with van der Waals surface area (Å²) in [6.07, 6.45) is 5.69. The van der Waals surface area contributed by atoms with Gasteiger partial charge in [0.2, 0.25) is 0 Å². The number of hydrogen-bond acceptors (Lipinski definition) is 3. The van der Waals surface area contributed by atoms with E-state index in [9.17, 15) is 0 Å². The van der Waals surface area contributed by atoms with Crippen LogP contribution in [0.2, 0.25) is 0 Å². The minimum atomic E-state index is 0.425. The van der Waals surface area contributed by atoms with Crippen LogP contribution in [-0.2, 0) is 0 Å². The average Bonchev–Trinajstić information content (AvgIpc) is 2.84. The second-order valence-electron chi connectivity index (χ2n) is 4.11. The molecule has 89 valence electrons. The zero-order valence-corrected chi connectivity index (χ0v) is 12.4. The van der Waals surface area contributed by atoms with Gasteiger partial charge in [0.25, 0.3) is 0 Å². The molecule has 2 rings (SSSR count). The van der Waals surface area contributed by atoms with Gasteiger partial charge in [-0.25, -0.2) is 0 Å². The standard InChI is InChI=1S/C13H18AsN3/c1-2-11(9-13-15-7-8-16-13)17-12-5-3-10(14)4-6-12/h3-8,11,15,17H,2,9,14H2,1H3/q+1. The number of nitrogens with one attached hydrogen (secondary N) is 2. The van der Waals surface area contributed by atoms with Crippen molar-refractivity contribution in [1.82, 2.24) is 10.3 Å². The van der Waals surface area contributed by atoms with E-state index in [2.05, 4.69) is 46.8 Å². The van der Waals surface area contributed by atoms with Crippen molar-refractivity contribution in [3.63, 3.8) is 0 Å². The van der Waals surface area contributed by atoms with Crippen LogP contribution in [0.15, 0.2) is 36.7 Å². The predicted octanol–water partition coefficient (Wildman–Crippen LogP) is 0.334. The van der Waals surface area contributed by atoms with Gasteiger partial charge in [0.1, 0.15) is 0 Å². The number of amidine groups is 1. The predicted molar refractivity (Wildman–Crippen MR) is 76.4 cm³/mol. The third kappa shape index (κ3) is 3.64. The van der Waals surface area contributed by atoms with Crippen LogP contribution >= 0.6 is 0 Å². The van der Waals surface area contributed by atoms with Gasteiger partial charge in [-0.1, -0.05) is 0 Å². The van der Waals surface area contributed by atoms with Gasteiger partial charge in [-0.3, -0.25) is 0 Å². The van der Waals surface area contributed by atoms with Gasteiger partial charge in [-0.2, -0.15) is 0 Å². The number of rotatable bonds is 5. The maximum absolute atomic E-state index is 4.27. The summed E-state index contributed by atoms with van der Waals surface area (Å²) in [5.74, 6) is 1.04. The van der Waals surface area contributed by atoms with Crippen LogP contribution < -0.4 is 20.0 Å². The molecule has 1 heterocycles. The molecule has 0 saturated heterocycles. The minimum absolute atomic E-state index is 0.425. The van der Waals surface area contributed by atoms with Gasteiger partial charge < -0.3 is 0 Å². The molecule has 1 aliphatic rings. The van der Waals surface area contributed by atoms with Gasteiger partial charge >= 0.3 is 111 Å². The molecule has 1 radical (unpaired) electrons. The summed E-state index contributed by atoms with van der Waals surface area (Å²) in [7, 11) is 0. The molecule has 3 nitrogen and oxygen atoms in total. The molecule has 0 bridgehead atoms. The summed E-state index contributed by atoms with van der Waals surface area (Å²) in [4.78, 5) is 4.27. The second kappa shape index (κ2) is 5.92. The molecular formula is C13H18AsN3+. The summed E-state index contributed by atoms with van der Waals surface area (Å²) in [5.41, 5.74) is 1.19. The van der Waals surface area contributed by atoms with Crippen molar-refractivity contribution in [3.8, 4) is 0 Å². The summed E-state index contributed by atoms with van der Waals surface area (Å²) >= 11 is 1.66. The molecule has 1 aromatic carbocycles. The Morgan fingerprint density at radius 3 is 2.71 bits per heavy atom. The van der Waals surface area contributed by atoms with Crippen molar-refractivity contribution in [2.24, 2.45) is 0 Å². The van der Waals surface area contributed by atoms with Crippen LogP contribution in [0.25, 0.3) is 0 Å². The van der Waals surface area contributed by atoms with Crippen LogP contribution in [-0.4, -0.2) is 28.7 Å². The third-order valence-corrected chi connectivity index (χ3v) is 3.58. The first-order chi connectivity index (χ1) is 8.28. The summed E-state index contributed by atoms with van der Waals surface area (Å²) in [6, 6.07) is 9.02. The molecule has 17 heavy (non-hydrogen) atoms. The molecule has 0 spiro atoms. The van der Waals surface area contributed by atoms with Gasteiger partial charge in [-0.15, -0.1) is 0 Å². The van der Waals surface area contributed by atoms with E-state index in [4.69, 9.17) is 0 Å². The Bertz CT molecular complexity index is 423. The van der Waals surface area contributed by atoms with Crippen LogP contribution in [0.1, 0.15) is 19.8 Å². The van der Waals surface area contributed by atoms with Gasteiger partial charge in [-0.05, 0) is 0 Å². The van der Waals surface area contributed by atoms with Crippen LogP contribution in [0.4, 0.5) is 5.69 Å². The molecule has 4 heteroatoms. The van der Waals surface area contributed by atoms with E-state index in [1.165, 1.54) is 10.0 Å². The van der Waals surface area contributed by atoms with Crippen molar-refractivity contribution >= 4 is 32.7 Å². The molecule has 0 aliphatic carbocycles. The molecule has 2 atom stereocenters. The van der Waals surface area contributed by atoms with E-state index >= 15 is 0 Å². The van der Waals surface area contributed by atoms with Crippen molar-refractivity contribution in [1.29, 1.82) is 0 Å². The first kappa shape index (κ1) is 12.3. The Labute approximate surface area is 111 Å². The fourth-order valence-corrected chi connectivity index (χ4v) is 2.16. The topological polar surface area (TPSA) is 38.2 Å². The van der Waals surface area contributed by atoms with Crippen molar-refractivity contribution in [2.45, 2.75) is 25.8 Å². The SMILES string of the molecule is CCC(CC1=[N+]C=CN1)Nc1ccc([AsH2])cc1. The quantitative estimate of drug-likeness (QED) is 0.768. The molecule has 0 saturated carbocycles. The summed E-state index contributed by atoms with van der Waals surface area (Å²) in [5, 5.41) is 6.69. The van der Waals surface area contributed by atoms with E-state index in [0.29, 0.717) is 6.04 Å². The van der Waals surface area contributed by atoms with Gasteiger partial charge in [0, 0.05) is 0 Å². The Kier molecular flexibility index (Phi) is 4.27. The molecule has 1 aliphatic heterocycles. The zero-order valence-electron chi connectivity index (χ0n) is 9.98. The number of hydrogen-bond donors (Lipinski definition) is 2. The monoisotopic (exact) mass is 291 g/mol. The van der Waals surface area contributed by atoms with Crippen LogP contribution in [0.5, 0.6) is 0 Å². The second-order valence-corrected chi connectivity index (χ2v) is 5.51. The Morgan fingerprint density at radius 1 is 1.35 bits per heavy atom. The van der Waals surface area contributed by atoms with Crippen molar-refractivity contribution < 1.29 is 0 Å². The molecular weight excluding hydrogens is 273 g/mol. The first-order valence-electron chi connectivity index (χ1n) is 5.88. The van der Waals surface area contributed by atoms with Crippen molar-refractivity contribution in [3.05, 3.63) is 36.7 Å². The Morgan fingerprint density at radius 2 is 2.12 bits per heavy atom. The summed E-state index contributed by atoms with van der Waals surface area (Å²) in [6.45, 7) is 2.19. The van der Waals surface area contributed by atoms with Crippen LogP contribution in [0.3, 0.4) is 0 Å². The van der Waals surface area contributed by atoms with Gasteiger partial charge in [0.05, 0.1) is 0 Å². The molecule has 2 N–H and O–H groups in total. The Balaban J connectivity index is 1.92. The van der Waals surface area contributed by atoms with E-state index in [1.54, 1.807) is 23.1 Å². The number of nitrogens with zero attached hydrogens (tertiary/aromatic N) is 1. The third-order valence-electron chi connectivity index (χ3n) is 2.77. The number of aliphatic imine (C=N–C) groups is 1. The van der Waals surface area contributed by atoms with E-state index in [1.807, 2.05) is 6.20 Å². The maximum atomic E-state index is 4.27.